The molecular weight excluding hydrogens is 263 g/mol. The summed E-state index contributed by atoms with van der Waals surface area (Å²) < 4.78 is 13.5. The molecule has 0 aliphatic heterocycles. The van der Waals surface area contributed by atoms with E-state index in [0.717, 1.165) is 12.8 Å². The third-order valence-corrected chi connectivity index (χ3v) is 3.63. The molecule has 0 aliphatic carbocycles. The van der Waals surface area contributed by atoms with Crippen LogP contribution in [0.15, 0.2) is 18.2 Å². The van der Waals surface area contributed by atoms with Gasteiger partial charge in [0.25, 0.3) is 0 Å². The standard InChI is InChI=1S/C16H24ClFO/c1-2-3-4-5-6-7-8-9-16(19)14-12-13(17)10-11-15(14)18/h10-12,16,19H,2-9H2,1H3. The molecule has 1 unspecified atom stereocenters. The van der Waals surface area contributed by atoms with E-state index in [2.05, 4.69) is 6.92 Å². The van der Waals surface area contributed by atoms with Crippen LogP contribution in [0.25, 0.3) is 0 Å². The Morgan fingerprint density at radius 1 is 1.11 bits per heavy atom. The Labute approximate surface area is 120 Å². The maximum absolute atomic E-state index is 13.5. The summed E-state index contributed by atoms with van der Waals surface area (Å²) in [7, 11) is 0. The maximum Gasteiger partial charge on any atom is 0.129 e. The van der Waals surface area contributed by atoms with Crippen molar-refractivity contribution >= 4 is 11.6 Å². The summed E-state index contributed by atoms with van der Waals surface area (Å²) >= 11 is 5.82. The first-order valence-electron chi connectivity index (χ1n) is 7.28. The van der Waals surface area contributed by atoms with Crippen LogP contribution in [0.2, 0.25) is 5.02 Å². The summed E-state index contributed by atoms with van der Waals surface area (Å²) in [5.74, 6) is -0.375. The van der Waals surface area contributed by atoms with Gasteiger partial charge >= 0.3 is 0 Å². The van der Waals surface area contributed by atoms with Crippen molar-refractivity contribution in [1.29, 1.82) is 0 Å². The van der Waals surface area contributed by atoms with E-state index in [1.54, 1.807) is 0 Å². The molecule has 1 N–H and O–H groups in total. The summed E-state index contributed by atoms with van der Waals surface area (Å²) in [5, 5.41) is 10.4. The highest BCUT2D eigenvalue weighted by Gasteiger charge is 2.12. The fourth-order valence-electron chi connectivity index (χ4n) is 2.22. The Morgan fingerprint density at radius 2 is 1.74 bits per heavy atom. The SMILES string of the molecule is CCCCCCCCCC(O)c1cc(Cl)ccc1F. The lowest BCUT2D eigenvalue weighted by Gasteiger charge is -2.12. The highest BCUT2D eigenvalue weighted by molar-refractivity contribution is 6.30. The Bertz CT molecular complexity index is 368. The maximum atomic E-state index is 13.5. The molecule has 0 saturated heterocycles. The van der Waals surface area contributed by atoms with Crippen LogP contribution in [-0.4, -0.2) is 5.11 Å². The van der Waals surface area contributed by atoms with Crippen LogP contribution in [0.5, 0.6) is 0 Å². The van der Waals surface area contributed by atoms with E-state index in [-0.39, 0.29) is 5.82 Å². The summed E-state index contributed by atoms with van der Waals surface area (Å²) in [6.45, 7) is 2.20. The van der Waals surface area contributed by atoms with Crippen molar-refractivity contribution in [3.8, 4) is 0 Å². The second-order valence-electron chi connectivity index (χ2n) is 5.09. The van der Waals surface area contributed by atoms with E-state index < -0.39 is 6.10 Å². The van der Waals surface area contributed by atoms with E-state index >= 15 is 0 Å². The molecule has 1 aromatic carbocycles. The second-order valence-corrected chi connectivity index (χ2v) is 5.53. The molecule has 0 radical (unpaired) electrons. The molecule has 1 nitrogen and oxygen atoms in total. The van der Waals surface area contributed by atoms with Crippen LogP contribution in [0.3, 0.4) is 0 Å². The van der Waals surface area contributed by atoms with Crippen molar-refractivity contribution in [2.24, 2.45) is 0 Å². The van der Waals surface area contributed by atoms with Gasteiger partial charge in [0.1, 0.15) is 5.82 Å². The summed E-state index contributed by atoms with van der Waals surface area (Å²) in [6.07, 6.45) is 8.20. The zero-order valence-electron chi connectivity index (χ0n) is 11.7. The van der Waals surface area contributed by atoms with Gasteiger partial charge in [0.05, 0.1) is 6.10 Å². The molecule has 0 heterocycles. The molecule has 0 bridgehead atoms. The summed E-state index contributed by atoms with van der Waals surface area (Å²) in [6, 6.07) is 4.33. The Balaban J connectivity index is 2.23. The number of rotatable bonds is 9. The van der Waals surface area contributed by atoms with Crippen LogP contribution in [0.1, 0.15) is 70.0 Å². The number of aliphatic hydroxyl groups is 1. The number of hydrogen-bond acceptors (Lipinski definition) is 1. The largest absolute Gasteiger partial charge is 0.388 e. The molecule has 0 amide bonds. The Kier molecular flexibility index (Phi) is 8.08. The lowest BCUT2D eigenvalue weighted by molar-refractivity contribution is 0.159. The van der Waals surface area contributed by atoms with Gasteiger partial charge in [-0.15, -0.1) is 0 Å². The lowest BCUT2D eigenvalue weighted by Crippen LogP contribution is -2.00. The van der Waals surface area contributed by atoms with E-state index in [1.807, 2.05) is 0 Å². The van der Waals surface area contributed by atoms with Crippen molar-refractivity contribution < 1.29 is 9.50 Å². The molecule has 0 saturated carbocycles. The van der Waals surface area contributed by atoms with Gasteiger partial charge in [-0.05, 0) is 24.6 Å². The van der Waals surface area contributed by atoms with E-state index in [4.69, 9.17) is 11.6 Å². The van der Waals surface area contributed by atoms with Gasteiger partial charge in [0, 0.05) is 10.6 Å². The van der Waals surface area contributed by atoms with Crippen LogP contribution in [-0.2, 0) is 0 Å². The van der Waals surface area contributed by atoms with Gasteiger partial charge in [-0.1, -0.05) is 63.5 Å². The van der Waals surface area contributed by atoms with Gasteiger partial charge in [0.2, 0.25) is 0 Å². The monoisotopic (exact) mass is 286 g/mol. The third kappa shape index (κ3) is 6.40. The molecule has 108 valence electrons. The van der Waals surface area contributed by atoms with E-state index in [1.165, 1.54) is 50.3 Å². The quantitative estimate of drug-likeness (QED) is 0.581. The minimum absolute atomic E-state index is 0.318. The normalized spacial score (nSPS) is 12.6. The number of halogens is 2. The van der Waals surface area contributed by atoms with Gasteiger partial charge in [-0.3, -0.25) is 0 Å². The molecule has 1 rings (SSSR count). The average Bonchev–Trinajstić information content (AvgIpc) is 2.40. The van der Waals surface area contributed by atoms with E-state index in [0.29, 0.717) is 17.0 Å². The molecule has 1 aromatic rings. The number of hydrogen-bond donors (Lipinski definition) is 1. The van der Waals surface area contributed by atoms with Crippen molar-refractivity contribution in [2.45, 2.75) is 64.4 Å². The predicted molar refractivity (Wildman–Crippen MR) is 79.0 cm³/mol. The fraction of sp³-hybridized carbons (Fsp3) is 0.625. The lowest BCUT2D eigenvalue weighted by atomic mass is 10.0. The first kappa shape index (κ1) is 16.5. The summed E-state index contributed by atoms with van der Waals surface area (Å²) in [4.78, 5) is 0. The molecule has 0 spiro atoms. The number of unbranched alkanes of at least 4 members (excludes halogenated alkanes) is 6. The third-order valence-electron chi connectivity index (χ3n) is 3.40. The first-order valence-corrected chi connectivity index (χ1v) is 7.66. The molecular formula is C16H24ClFO. The molecule has 0 fully saturated rings. The minimum atomic E-state index is -0.741. The number of aliphatic hydroxyl groups excluding tert-OH is 1. The average molecular weight is 287 g/mol. The van der Waals surface area contributed by atoms with Crippen molar-refractivity contribution in [2.75, 3.05) is 0 Å². The zero-order chi connectivity index (χ0) is 14.1. The Hall–Kier alpha value is -0.600. The molecule has 0 aliphatic rings. The molecule has 3 heteroatoms. The van der Waals surface area contributed by atoms with Crippen LogP contribution >= 0.6 is 11.6 Å². The van der Waals surface area contributed by atoms with Crippen LogP contribution in [0, 0.1) is 5.82 Å². The first-order chi connectivity index (χ1) is 9.15. The molecule has 0 aromatic heterocycles. The Morgan fingerprint density at radius 3 is 2.42 bits per heavy atom. The fourth-order valence-corrected chi connectivity index (χ4v) is 2.40. The second kappa shape index (κ2) is 9.33. The molecule has 1 atom stereocenters. The van der Waals surface area contributed by atoms with Gasteiger partial charge in [0.15, 0.2) is 0 Å². The highest BCUT2D eigenvalue weighted by Crippen LogP contribution is 2.25. The van der Waals surface area contributed by atoms with Crippen molar-refractivity contribution in [3.63, 3.8) is 0 Å². The number of benzene rings is 1. The minimum Gasteiger partial charge on any atom is -0.388 e. The predicted octanol–water partition coefficient (Wildman–Crippen LogP) is 5.65. The van der Waals surface area contributed by atoms with E-state index in [9.17, 15) is 9.50 Å². The van der Waals surface area contributed by atoms with Crippen molar-refractivity contribution in [1.82, 2.24) is 0 Å². The van der Waals surface area contributed by atoms with Crippen LogP contribution < -0.4 is 0 Å². The van der Waals surface area contributed by atoms with Crippen LogP contribution in [0.4, 0.5) is 4.39 Å². The zero-order valence-corrected chi connectivity index (χ0v) is 12.4. The van der Waals surface area contributed by atoms with Gasteiger partial charge < -0.3 is 5.11 Å². The van der Waals surface area contributed by atoms with Gasteiger partial charge in [-0.25, -0.2) is 4.39 Å². The highest BCUT2D eigenvalue weighted by atomic mass is 35.5. The smallest absolute Gasteiger partial charge is 0.129 e. The topological polar surface area (TPSA) is 20.2 Å². The van der Waals surface area contributed by atoms with Gasteiger partial charge in [-0.2, -0.15) is 0 Å². The molecule has 19 heavy (non-hydrogen) atoms. The summed E-state index contributed by atoms with van der Waals surface area (Å²) in [5.41, 5.74) is 0.318. The van der Waals surface area contributed by atoms with Crippen molar-refractivity contribution in [3.05, 3.63) is 34.6 Å².